The molecular formula is C15H13N3O4S. The van der Waals surface area contributed by atoms with Gasteiger partial charge in [0.25, 0.3) is 0 Å². The molecule has 0 bridgehead atoms. The van der Waals surface area contributed by atoms with E-state index in [0.29, 0.717) is 27.8 Å². The lowest BCUT2D eigenvalue weighted by Crippen LogP contribution is -2.10. The van der Waals surface area contributed by atoms with E-state index in [9.17, 15) is 13.2 Å². The number of H-pyrrole nitrogens is 1. The Morgan fingerprint density at radius 3 is 2.65 bits per heavy atom. The van der Waals surface area contributed by atoms with Gasteiger partial charge in [-0.1, -0.05) is 18.2 Å². The first-order valence-electron chi connectivity index (χ1n) is 6.64. The standard InChI is InChI=1S/C15H13N3O4S/c1-23(21,22)18-13-5-3-2-4-10(13)14-11-8-9(15(19)20)6-7-12(11)16-17-14/h2-8,18H,1H3,(H,16,17)(H,19,20). The molecule has 0 amide bonds. The summed E-state index contributed by atoms with van der Waals surface area (Å²) in [6.07, 6.45) is 1.06. The summed E-state index contributed by atoms with van der Waals surface area (Å²) < 4.78 is 25.5. The number of rotatable bonds is 4. The summed E-state index contributed by atoms with van der Waals surface area (Å²) in [7, 11) is -3.45. The Morgan fingerprint density at radius 1 is 1.22 bits per heavy atom. The minimum absolute atomic E-state index is 0.133. The van der Waals surface area contributed by atoms with Gasteiger partial charge >= 0.3 is 5.97 Å². The van der Waals surface area contributed by atoms with Gasteiger partial charge in [0.2, 0.25) is 10.0 Å². The fraction of sp³-hybridized carbons (Fsp3) is 0.0667. The van der Waals surface area contributed by atoms with Crippen molar-refractivity contribution in [3.8, 4) is 11.3 Å². The minimum Gasteiger partial charge on any atom is -0.478 e. The summed E-state index contributed by atoms with van der Waals surface area (Å²) >= 11 is 0. The summed E-state index contributed by atoms with van der Waals surface area (Å²) in [4.78, 5) is 11.1. The van der Waals surface area contributed by atoms with Crippen LogP contribution in [-0.2, 0) is 10.0 Å². The van der Waals surface area contributed by atoms with Crippen molar-refractivity contribution in [2.45, 2.75) is 0 Å². The first kappa shape index (κ1) is 15.0. The third kappa shape index (κ3) is 3.02. The van der Waals surface area contributed by atoms with E-state index in [1.54, 1.807) is 30.3 Å². The smallest absolute Gasteiger partial charge is 0.335 e. The van der Waals surface area contributed by atoms with Gasteiger partial charge in [0, 0.05) is 10.9 Å². The van der Waals surface area contributed by atoms with E-state index in [4.69, 9.17) is 5.11 Å². The highest BCUT2D eigenvalue weighted by molar-refractivity contribution is 7.92. The summed E-state index contributed by atoms with van der Waals surface area (Å²) in [5, 5.41) is 16.8. The normalized spacial score (nSPS) is 11.5. The quantitative estimate of drug-likeness (QED) is 0.679. The molecule has 118 valence electrons. The minimum atomic E-state index is -3.45. The number of aromatic amines is 1. The van der Waals surface area contributed by atoms with Gasteiger partial charge in [-0.25, -0.2) is 13.2 Å². The number of aromatic carboxylic acids is 1. The number of nitrogens with one attached hydrogen (secondary N) is 2. The molecule has 0 unspecified atom stereocenters. The zero-order chi connectivity index (χ0) is 16.6. The molecule has 23 heavy (non-hydrogen) atoms. The summed E-state index contributed by atoms with van der Waals surface area (Å²) in [5.41, 5.74) is 2.22. The van der Waals surface area contributed by atoms with Crippen LogP contribution in [-0.4, -0.2) is 35.9 Å². The van der Waals surface area contributed by atoms with E-state index in [1.807, 2.05) is 0 Å². The second kappa shape index (κ2) is 5.40. The average Bonchev–Trinajstić information content (AvgIpc) is 2.89. The van der Waals surface area contributed by atoms with Crippen LogP contribution in [0.2, 0.25) is 0 Å². The number of sulfonamides is 1. The summed E-state index contributed by atoms with van der Waals surface area (Å²) in [5.74, 6) is -1.04. The van der Waals surface area contributed by atoms with Gasteiger partial charge in [0.05, 0.1) is 23.0 Å². The van der Waals surface area contributed by atoms with Crippen LogP contribution in [0, 0.1) is 0 Å². The maximum absolute atomic E-state index is 11.5. The van der Waals surface area contributed by atoms with Gasteiger partial charge < -0.3 is 5.11 Å². The zero-order valence-electron chi connectivity index (χ0n) is 12.1. The van der Waals surface area contributed by atoms with E-state index >= 15 is 0 Å². The molecule has 3 rings (SSSR count). The molecule has 3 N–H and O–H groups in total. The topological polar surface area (TPSA) is 112 Å². The van der Waals surface area contributed by atoms with Gasteiger partial charge in [-0.2, -0.15) is 5.10 Å². The number of aromatic nitrogens is 2. The molecule has 3 aromatic rings. The molecule has 0 spiro atoms. The van der Waals surface area contributed by atoms with Crippen LogP contribution in [0.15, 0.2) is 42.5 Å². The van der Waals surface area contributed by atoms with Gasteiger partial charge in [0.15, 0.2) is 0 Å². The predicted molar refractivity (Wildman–Crippen MR) is 87.0 cm³/mol. The molecule has 0 radical (unpaired) electrons. The van der Waals surface area contributed by atoms with Crippen molar-refractivity contribution in [1.82, 2.24) is 10.2 Å². The Bertz CT molecular complexity index is 1010. The van der Waals surface area contributed by atoms with Crippen LogP contribution >= 0.6 is 0 Å². The highest BCUT2D eigenvalue weighted by Gasteiger charge is 2.15. The number of anilines is 1. The highest BCUT2D eigenvalue weighted by Crippen LogP contribution is 2.32. The lowest BCUT2D eigenvalue weighted by Gasteiger charge is -2.09. The molecule has 1 heterocycles. The van der Waals surface area contributed by atoms with Crippen LogP contribution in [0.5, 0.6) is 0 Å². The first-order chi connectivity index (χ1) is 10.8. The van der Waals surface area contributed by atoms with Crippen molar-refractivity contribution < 1.29 is 18.3 Å². The summed E-state index contributed by atoms with van der Waals surface area (Å²) in [6.45, 7) is 0. The number of hydrogen-bond donors (Lipinski definition) is 3. The lowest BCUT2D eigenvalue weighted by molar-refractivity contribution is 0.0697. The van der Waals surface area contributed by atoms with E-state index in [2.05, 4.69) is 14.9 Å². The molecule has 0 aliphatic heterocycles. The number of hydrogen-bond acceptors (Lipinski definition) is 4. The third-order valence-corrected chi connectivity index (χ3v) is 3.88. The fourth-order valence-electron chi connectivity index (χ4n) is 2.33. The van der Waals surface area contributed by atoms with Crippen LogP contribution in [0.3, 0.4) is 0 Å². The Kier molecular flexibility index (Phi) is 3.53. The van der Waals surface area contributed by atoms with Crippen molar-refractivity contribution in [2.75, 3.05) is 11.0 Å². The van der Waals surface area contributed by atoms with Crippen LogP contribution in [0.4, 0.5) is 5.69 Å². The maximum Gasteiger partial charge on any atom is 0.335 e. The monoisotopic (exact) mass is 331 g/mol. The van der Waals surface area contributed by atoms with E-state index in [1.165, 1.54) is 12.1 Å². The predicted octanol–water partition coefficient (Wildman–Crippen LogP) is 2.30. The largest absolute Gasteiger partial charge is 0.478 e. The van der Waals surface area contributed by atoms with Gasteiger partial charge in [-0.15, -0.1) is 0 Å². The molecule has 1 aromatic heterocycles. The number of fused-ring (bicyclic) bond motifs is 1. The summed E-state index contributed by atoms with van der Waals surface area (Å²) in [6, 6.07) is 11.4. The van der Waals surface area contributed by atoms with Crippen molar-refractivity contribution >= 4 is 32.6 Å². The van der Waals surface area contributed by atoms with Crippen LogP contribution < -0.4 is 4.72 Å². The molecule has 0 fully saturated rings. The Hall–Kier alpha value is -2.87. The number of benzene rings is 2. The Labute approximate surface area is 132 Å². The SMILES string of the molecule is CS(=O)(=O)Nc1ccccc1-c1n[nH]c2ccc(C(=O)O)cc12. The van der Waals surface area contributed by atoms with Crippen molar-refractivity contribution in [2.24, 2.45) is 0 Å². The molecule has 0 atom stereocenters. The molecule has 7 nitrogen and oxygen atoms in total. The van der Waals surface area contributed by atoms with Crippen molar-refractivity contribution in [3.05, 3.63) is 48.0 Å². The Balaban J connectivity index is 2.21. The molecule has 0 aliphatic rings. The fourth-order valence-corrected chi connectivity index (χ4v) is 2.91. The number of carbonyl (C=O) groups is 1. The van der Waals surface area contributed by atoms with Crippen LogP contribution in [0.25, 0.3) is 22.2 Å². The molecule has 8 heteroatoms. The van der Waals surface area contributed by atoms with Gasteiger partial charge in [0.1, 0.15) is 5.69 Å². The van der Waals surface area contributed by atoms with Gasteiger partial charge in [-0.05, 0) is 24.3 Å². The number of para-hydroxylation sites is 1. The molecule has 0 saturated carbocycles. The third-order valence-electron chi connectivity index (χ3n) is 3.29. The molecule has 0 saturated heterocycles. The van der Waals surface area contributed by atoms with Crippen LogP contribution in [0.1, 0.15) is 10.4 Å². The number of nitrogens with zero attached hydrogens (tertiary/aromatic N) is 1. The Morgan fingerprint density at radius 2 is 1.96 bits per heavy atom. The van der Waals surface area contributed by atoms with Crippen molar-refractivity contribution in [3.63, 3.8) is 0 Å². The second-order valence-corrected chi connectivity index (χ2v) is 6.81. The number of carboxylic acid groups (broad SMARTS) is 1. The zero-order valence-corrected chi connectivity index (χ0v) is 12.9. The number of carboxylic acids is 1. The molecule has 2 aromatic carbocycles. The van der Waals surface area contributed by atoms with E-state index in [-0.39, 0.29) is 5.56 Å². The van der Waals surface area contributed by atoms with E-state index in [0.717, 1.165) is 6.26 Å². The van der Waals surface area contributed by atoms with E-state index < -0.39 is 16.0 Å². The van der Waals surface area contributed by atoms with Gasteiger partial charge in [-0.3, -0.25) is 9.82 Å². The molecular weight excluding hydrogens is 318 g/mol. The highest BCUT2D eigenvalue weighted by atomic mass is 32.2. The lowest BCUT2D eigenvalue weighted by atomic mass is 10.0. The first-order valence-corrected chi connectivity index (χ1v) is 8.53. The van der Waals surface area contributed by atoms with Crippen molar-refractivity contribution in [1.29, 1.82) is 0 Å². The maximum atomic E-state index is 11.5. The second-order valence-electron chi connectivity index (χ2n) is 5.06. The molecule has 0 aliphatic carbocycles. The average molecular weight is 331 g/mol.